The van der Waals surface area contributed by atoms with E-state index < -0.39 is 0 Å². The first-order valence-electron chi connectivity index (χ1n) is 5.75. The van der Waals surface area contributed by atoms with Gasteiger partial charge < -0.3 is 4.90 Å². The molecule has 0 aliphatic carbocycles. The van der Waals surface area contributed by atoms with Gasteiger partial charge in [0, 0.05) is 11.9 Å². The monoisotopic (exact) mass is 317 g/mol. The average molecular weight is 318 g/mol. The summed E-state index contributed by atoms with van der Waals surface area (Å²) in [5.74, 6) is 0. The third kappa shape index (κ3) is 2.33. The highest BCUT2D eigenvalue weighted by Crippen LogP contribution is 2.34. The second-order valence-corrected chi connectivity index (χ2v) is 6.50. The van der Waals surface area contributed by atoms with Gasteiger partial charge in [0.1, 0.15) is 4.28 Å². The lowest BCUT2D eigenvalue weighted by Gasteiger charge is -2.20. The average Bonchev–Trinajstić information content (AvgIpc) is 2.86. The van der Waals surface area contributed by atoms with E-state index in [-0.39, 0.29) is 0 Å². The Kier molecular flexibility index (Phi) is 3.43. The molecule has 2 aromatic carbocycles. The predicted molar refractivity (Wildman–Crippen MR) is 83.8 cm³/mol. The normalized spacial score (nSPS) is 18.3. The van der Waals surface area contributed by atoms with E-state index >= 15 is 0 Å². The number of alkyl halides is 1. The van der Waals surface area contributed by atoms with Crippen molar-refractivity contribution >= 4 is 33.4 Å². The molecule has 0 radical (unpaired) electrons. The Morgan fingerprint density at radius 2 is 1.56 bits per heavy atom. The van der Waals surface area contributed by atoms with E-state index in [1.54, 1.807) is 11.8 Å². The Bertz CT molecular complexity index is 550. The van der Waals surface area contributed by atoms with Crippen molar-refractivity contribution in [2.45, 2.75) is 4.28 Å². The van der Waals surface area contributed by atoms with Crippen LogP contribution in [0.15, 0.2) is 66.2 Å². The van der Waals surface area contributed by atoms with E-state index in [1.165, 1.54) is 16.8 Å². The molecule has 1 aliphatic rings. The summed E-state index contributed by atoms with van der Waals surface area (Å²) in [5, 5.41) is 2.10. The van der Waals surface area contributed by atoms with Crippen LogP contribution in [0.1, 0.15) is 0 Å². The topological polar surface area (TPSA) is 3.24 Å². The first-order chi connectivity index (χ1) is 8.84. The maximum absolute atomic E-state index is 3.63. The van der Waals surface area contributed by atoms with Gasteiger partial charge in [0.05, 0.1) is 0 Å². The molecule has 1 nitrogen and oxygen atoms in total. The molecule has 90 valence electrons. The molecule has 1 heterocycles. The van der Waals surface area contributed by atoms with E-state index in [0.29, 0.717) is 4.28 Å². The molecule has 3 rings (SSSR count). The molecule has 1 atom stereocenters. The number of hydrogen-bond acceptors (Lipinski definition) is 2. The van der Waals surface area contributed by atoms with Crippen LogP contribution in [0.2, 0.25) is 0 Å². The van der Waals surface area contributed by atoms with Crippen LogP contribution in [-0.2, 0) is 0 Å². The van der Waals surface area contributed by atoms with Crippen molar-refractivity contribution < 1.29 is 0 Å². The molecule has 3 heteroatoms. The Morgan fingerprint density at radius 3 is 2.17 bits per heavy atom. The smallest absolute Gasteiger partial charge is 0.139 e. The molecule has 0 fully saturated rings. The highest BCUT2D eigenvalue weighted by molar-refractivity contribution is 9.11. The molecular weight excluding hydrogens is 306 g/mol. The van der Waals surface area contributed by atoms with E-state index in [1.807, 2.05) is 6.07 Å². The summed E-state index contributed by atoms with van der Waals surface area (Å²) in [6.45, 7) is 0. The van der Waals surface area contributed by atoms with Crippen molar-refractivity contribution in [1.29, 1.82) is 0 Å². The number of rotatable bonds is 2. The maximum Gasteiger partial charge on any atom is 0.139 e. The third-order valence-corrected chi connectivity index (χ3v) is 4.72. The lowest BCUT2D eigenvalue weighted by Crippen LogP contribution is -2.17. The molecular formula is C15H12BrNS. The van der Waals surface area contributed by atoms with Gasteiger partial charge in [-0.1, -0.05) is 70.2 Å². The summed E-state index contributed by atoms with van der Waals surface area (Å²) in [4.78, 5) is 2.21. The minimum absolute atomic E-state index is 0.306. The zero-order valence-corrected chi connectivity index (χ0v) is 12.1. The lowest BCUT2D eigenvalue weighted by atomic mass is 10.1. The summed E-state index contributed by atoms with van der Waals surface area (Å²) >= 11 is 5.39. The number of nitrogens with zero attached hydrogens (tertiary/aromatic N) is 1. The minimum Gasteiger partial charge on any atom is -0.325 e. The molecule has 1 aliphatic heterocycles. The van der Waals surface area contributed by atoms with Crippen molar-refractivity contribution in [2.75, 3.05) is 4.90 Å². The summed E-state index contributed by atoms with van der Waals surface area (Å²) in [7, 11) is 0. The summed E-state index contributed by atoms with van der Waals surface area (Å²) in [5.41, 5.74) is 3.71. The zero-order valence-electron chi connectivity index (χ0n) is 9.66. The van der Waals surface area contributed by atoms with E-state index in [0.717, 1.165) is 0 Å². The molecule has 0 saturated heterocycles. The van der Waals surface area contributed by atoms with E-state index in [4.69, 9.17) is 0 Å². The largest absolute Gasteiger partial charge is 0.325 e. The number of benzene rings is 2. The quantitative estimate of drug-likeness (QED) is 0.563. The van der Waals surface area contributed by atoms with E-state index in [9.17, 15) is 0 Å². The first-order valence-corrected chi connectivity index (χ1v) is 7.60. The van der Waals surface area contributed by atoms with Crippen LogP contribution in [0.4, 0.5) is 5.69 Å². The molecule has 0 aromatic heterocycles. The number of halogens is 1. The van der Waals surface area contributed by atoms with Gasteiger partial charge in [-0.25, -0.2) is 0 Å². The number of thioether (sulfide) groups is 1. The fraction of sp³-hybridized carbons (Fsp3) is 0.0667. The van der Waals surface area contributed by atoms with Crippen LogP contribution in [0.25, 0.3) is 11.1 Å². The first kappa shape index (κ1) is 11.9. The molecule has 0 N–H and O–H groups in total. The molecule has 1 unspecified atom stereocenters. The van der Waals surface area contributed by atoms with Crippen LogP contribution in [0.5, 0.6) is 0 Å². The number of hydrogen-bond donors (Lipinski definition) is 0. The molecule has 0 amide bonds. The van der Waals surface area contributed by atoms with E-state index in [2.05, 4.69) is 81.0 Å². The Labute approximate surface area is 120 Å². The van der Waals surface area contributed by atoms with Crippen molar-refractivity contribution in [2.24, 2.45) is 0 Å². The summed E-state index contributed by atoms with van der Waals surface area (Å²) in [6, 6.07) is 19.1. The zero-order chi connectivity index (χ0) is 12.4. The van der Waals surface area contributed by atoms with Crippen LogP contribution in [0, 0.1) is 0 Å². The van der Waals surface area contributed by atoms with Gasteiger partial charge in [-0.05, 0) is 28.7 Å². The van der Waals surface area contributed by atoms with Crippen molar-refractivity contribution in [3.8, 4) is 11.1 Å². The molecule has 0 bridgehead atoms. The van der Waals surface area contributed by atoms with Crippen LogP contribution >= 0.6 is 27.7 Å². The van der Waals surface area contributed by atoms with Gasteiger partial charge in [0.25, 0.3) is 0 Å². The lowest BCUT2D eigenvalue weighted by molar-refractivity contribution is 1.15. The second-order valence-electron chi connectivity index (χ2n) is 4.03. The highest BCUT2D eigenvalue weighted by atomic mass is 79.9. The van der Waals surface area contributed by atoms with Crippen LogP contribution in [-0.4, -0.2) is 4.28 Å². The molecule has 0 spiro atoms. The van der Waals surface area contributed by atoms with Gasteiger partial charge >= 0.3 is 0 Å². The summed E-state index contributed by atoms with van der Waals surface area (Å²) < 4.78 is 0.306. The van der Waals surface area contributed by atoms with Crippen molar-refractivity contribution in [3.63, 3.8) is 0 Å². The molecule has 2 aromatic rings. The number of anilines is 1. The standard InChI is InChI=1S/C15H12BrNS/c16-15-17(10-11-18-15)14-8-6-13(7-9-14)12-4-2-1-3-5-12/h1-11,15H. The SMILES string of the molecule is BrC1SC=CN1c1ccc(-c2ccccc2)cc1. The third-order valence-electron chi connectivity index (χ3n) is 2.90. The van der Waals surface area contributed by atoms with Crippen molar-refractivity contribution in [3.05, 3.63) is 66.2 Å². The molecule has 0 saturated carbocycles. The Balaban J connectivity index is 1.88. The van der Waals surface area contributed by atoms with Crippen LogP contribution in [0.3, 0.4) is 0 Å². The maximum atomic E-state index is 3.63. The van der Waals surface area contributed by atoms with Gasteiger partial charge in [0.2, 0.25) is 0 Å². The minimum atomic E-state index is 0.306. The van der Waals surface area contributed by atoms with Crippen molar-refractivity contribution in [1.82, 2.24) is 0 Å². The van der Waals surface area contributed by atoms with Gasteiger partial charge in [0.15, 0.2) is 0 Å². The van der Waals surface area contributed by atoms with Gasteiger partial charge in [-0.2, -0.15) is 0 Å². The summed E-state index contributed by atoms with van der Waals surface area (Å²) in [6.07, 6.45) is 2.10. The highest BCUT2D eigenvalue weighted by Gasteiger charge is 2.17. The van der Waals surface area contributed by atoms with Gasteiger partial charge in [-0.15, -0.1) is 0 Å². The Hall–Kier alpha value is -1.19. The Morgan fingerprint density at radius 1 is 0.889 bits per heavy atom. The van der Waals surface area contributed by atoms with Gasteiger partial charge in [-0.3, -0.25) is 0 Å². The molecule has 18 heavy (non-hydrogen) atoms. The second kappa shape index (κ2) is 5.21. The fourth-order valence-corrected chi connectivity index (χ4v) is 3.36. The fourth-order valence-electron chi connectivity index (χ4n) is 1.96. The predicted octanol–water partition coefficient (Wildman–Crippen LogP) is 5.06. The van der Waals surface area contributed by atoms with Crippen LogP contribution < -0.4 is 4.90 Å².